The molecule has 0 bridgehead atoms. The third-order valence-electron chi connectivity index (χ3n) is 7.05. The fraction of sp³-hybridized carbons (Fsp3) is 0.714. The van der Waals surface area contributed by atoms with E-state index < -0.39 is 0 Å². The number of nitrogens with zero attached hydrogens (tertiary/aromatic N) is 9. The first-order chi connectivity index (χ1) is 21.7. The second-order valence-electron chi connectivity index (χ2n) is 10.3. The van der Waals surface area contributed by atoms with Crippen molar-refractivity contribution in [1.82, 2.24) is 34.8 Å². The molecule has 2 aromatic heterocycles. The van der Waals surface area contributed by atoms with Gasteiger partial charge in [-0.15, -0.1) is 23.9 Å². The maximum Gasteiger partial charge on any atom is 0.244 e. The Labute approximate surface area is 270 Å². The lowest BCUT2D eigenvalue weighted by atomic mass is 10.2. The quantitative estimate of drug-likeness (QED) is 0.146. The molecule has 3 N–H and O–H groups in total. The summed E-state index contributed by atoms with van der Waals surface area (Å²) < 4.78 is 23.4. The number of amides is 1. The van der Waals surface area contributed by atoms with Crippen molar-refractivity contribution >= 4 is 36.2 Å². The normalized spacial score (nSPS) is 15.1. The van der Waals surface area contributed by atoms with Crippen molar-refractivity contribution < 1.29 is 23.7 Å². The molecule has 0 aromatic carbocycles. The van der Waals surface area contributed by atoms with Gasteiger partial charge in [-0.25, -0.2) is 4.68 Å². The Morgan fingerprint density at radius 3 is 2.29 bits per heavy atom. The van der Waals surface area contributed by atoms with Crippen LogP contribution in [-0.2, 0) is 36.7 Å². The smallest absolute Gasteiger partial charge is 0.244 e. The molecule has 4 heterocycles. The van der Waals surface area contributed by atoms with Crippen LogP contribution >= 0.6 is 12.4 Å². The largest absolute Gasteiger partial charge is 0.378 e. The van der Waals surface area contributed by atoms with Crippen molar-refractivity contribution in [2.24, 2.45) is 5.73 Å². The summed E-state index contributed by atoms with van der Waals surface area (Å²) in [5.74, 6) is 4.09. The lowest BCUT2D eigenvalue weighted by molar-refractivity contribution is -0.132. The number of halogens is 1. The van der Waals surface area contributed by atoms with Gasteiger partial charge >= 0.3 is 0 Å². The Balaban J connectivity index is 0.00000552. The molecule has 2 aliphatic rings. The molecule has 2 aromatic rings. The zero-order valence-electron chi connectivity index (χ0n) is 25.8. The molecule has 2 fully saturated rings. The number of piperazine rings is 1. The minimum atomic E-state index is 0. The fourth-order valence-electron chi connectivity index (χ4n) is 4.66. The average Bonchev–Trinajstić information content (AvgIpc) is 3.51. The molecule has 45 heavy (non-hydrogen) atoms. The van der Waals surface area contributed by atoms with Crippen molar-refractivity contribution in [2.45, 2.75) is 25.8 Å². The Morgan fingerprint density at radius 2 is 1.60 bits per heavy atom. The number of terminal acetylenes is 1. The van der Waals surface area contributed by atoms with Crippen LogP contribution in [0.3, 0.4) is 0 Å². The number of aromatic nitrogens is 6. The zero-order chi connectivity index (χ0) is 30.8. The highest BCUT2D eigenvalue weighted by molar-refractivity contribution is 5.85. The van der Waals surface area contributed by atoms with Crippen LogP contribution in [0.4, 0.5) is 17.8 Å². The molecule has 1 amide bonds. The van der Waals surface area contributed by atoms with Crippen molar-refractivity contribution in [3.63, 3.8) is 0 Å². The summed E-state index contributed by atoms with van der Waals surface area (Å²) in [6.45, 7) is 8.97. The van der Waals surface area contributed by atoms with Gasteiger partial charge in [0, 0.05) is 52.0 Å². The maximum absolute atomic E-state index is 13.0. The van der Waals surface area contributed by atoms with Crippen LogP contribution in [0.1, 0.15) is 18.5 Å². The number of nitrogens with one attached hydrogen (secondary N) is 1. The van der Waals surface area contributed by atoms with Gasteiger partial charge in [-0.05, 0) is 25.8 Å². The van der Waals surface area contributed by atoms with E-state index in [0.29, 0.717) is 116 Å². The van der Waals surface area contributed by atoms with Gasteiger partial charge in [0.15, 0.2) is 0 Å². The number of aryl methyl sites for hydroxylation is 1. The molecule has 4 rings (SSSR count). The molecule has 16 nitrogen and oxygen atoms in total. The first-order valence-corrected chi connectivity index (χ1v) is 15.3. The van der Waals surface area contributed by atoms with Crippen LogP contribution in [0.2, 0.25) is 0 Å². The van der Waals surface area contributed by atoms with Crippen LogP contribution in [0.25, 0.3) is 0 Å². The molecule has 2 saturated heterocycles. The number of nitrogens with two attached hydrogens (primary N) is 1. The number of hydrogen-bond acceptors (Lipinski definition) is 14. The monoisotopic (exact) mass is 651 g/mol. The predicted octanol–water partition coefficient (Wildman–Crippen LogP) is -0.553. The van der Waals surface area contributed by atoms with E-state index in [2.05, 4.69) is 36.3 Å². The summed E-state index contributed by atoms with van der Waals surface area (Å²) in [6.07, 6.45) is 9.70. The summed E-state index contributed by atoms with van der Waals surface area (Å²) in [7, 11) is 0. The van der Waals surface area contributed by atoms with E-state index in [-0.39, 0.29) is 31.5 Å². The molecule has 0 atom stereocenters. The van der Waals surface area contributed by atoms with E-state index in [1.54, 1.807) is 4.68 Å². The fourth-order valence-corrected chi connectivity index (χ4v) is 4.66. The Morgan fingerprint density at radius 1 is 0.933 bits per heavy atom. The third kappa shape index (κ3) is 12.5. The molecule has 17 heteroatoms. The van der Waals surface area contributed by atoms with Gasteiger partial charge in [0.2, 0.25) is 23.8 Å². The summed E-state index contributed by atoms with van der Waals surface area (Å²) in [6, 6.07) is 0. The number of unbranched alkanes of at least 4 members (excludes halogenated alkanes) is 1. The molecule has 0 spiro atoms. The highest BCUT2D eigenvalue weighted by Gasteiger charge is 2.25. The summed E-state index contributed by atoms with van der Waals surface area (Å²) in [5, 5.41) is 11.6. The number of morpholine rings is 1. The molecular formula is C28H46ClN11O5. The number of carbonyl (C=O) groups excluding carboxylic acids is 1. The lowest BCUT2D eigenvalue weighted by Gasteiger charge is -2.35. The predicted molar refractivity (Wildman–Crippen MR) is 171 cm³/mol. The summed E-state index contributed by atoms with van der Waals surface area (Å²) in [4.78, 5) is 33.2. The van der Waals surface area contributed by atoms with E-state index in [1.807, 2.05) is 11.1 Å². The van der Waals surface area contributed by atoms with E-state index in [4.69, 9.17) is 41.1 Å². The van der Waals surface area contributed by atoms with E-state index in [0.717, 1.165) is 25.0 Å². The second-order valence-corrected chi connectivity index (χ2v) is 10.3. The molecule has 2 aliphatic heterocycles. The van der Waals surface area contributed by atoms with Crippen molar-refractivity contribution in [2.75, 3.05) is 120 Å². The van der Waals surface area contributed by atoms with Crippen LogP contribution in [0.15, 0.2) is 6.20 Å². The van der Waals surface area contributed by atoms with Crippen molar-refractivity contribution in [3.8, 4) is 12.3 Å². The Bertz CT molecular complexity index is 1170. The topological polar surface area (TPSA) is 171 Å². The number of rotatable bonds is 19. The first kappa shape index (κ1) is 36.1. The Hall–Kier alpha value is -3.33. The number of ether oxygens (including phenoxy) is 4. The van der Waals surface area contributed by atoms with Gasteiger partial charge in [0.25, 0.3) is 0 Å². The van der Waals surface area contributed by atoms with Gasteiger partial charge in [-0.1, -0.05) is 11.1 Å². The molecular weight excluding hydrogens is 606 g/mol. The van der Waals surface area contributed by atoms with E-state index in [1.165, 1.54) is 0 Å². The summed E-state index contributed by atoms with van der Waals surface area (Å²) in [5.41, 5.74) is 6.45. The van der Waals surface area contributed by atoms with Gasteiger partial charge in [0.05, 0.1) is 51.9 Å². The Kier molecular flexibility index (Phi) is 16.6. The van der Waals surface area contributed by atoms with E-state index in [9.17, 15) is 4.79 Å². The van der Waals surface area contributed by atoms with Gasteiger partial charge < -0.3 is 44.7 Å². The number of carbonyl (C=O) groups is 1. The third-order valence-corrected chi connectivity index (χ3v) is 7.05. The maximum atomic E-state index is 13.0. The van der Waals surface area contributed by atoms with Crippen molar-refractivity contribution in [3.05, 3.63) is 11.9 Å². The molecule has 0 saturated carbocycles. The van der Waals surface area contributed by atoms with E-state index >= 15 is 0 Å². The van der Waals surface area contributed by atoms with Crippen LogP contribution in [0.5, 0.6) is 0 Å². The highest BCUT2D eigenvalue weighted by atomic mass is 35.5. The minimum Gasteiger partial charge on any atom is -0.378 e. The van der Waals surface area contributed by atoms with Crippen molar-refractivity contribution in [1.29, 1.82) is 0 Å². The molecule has 0 unspecified atom stereocenters. The lowest BCUT2D eigenvalue weighted by Crippen LogP contribution is -2.50. The number of anilines is 3. The van der Waals surface area contributed by atoms with Crippen LogP contribution in [-0.4, -0.2) is 146 Å². The summed E-state index contributed by atoms with van der Waals surface area (Å²) >= 11 is 0. The SMILES string of the molecule is C#CCOCCOCCOCCNc1nc(N2CCOCC2)nc(N2CCN(C(=O)Cn3cc(CCCCN)nn3)CC2)n1.Cl. The van der Waals surface area contributed by atoms with Gasteiger partial charge in [-0.3, -0.25) is 4.79 Å². The number of hydrogen-bond donors (Lipinski definition) is 2. The molecule has 250 valence electrons. The minimum absolute atomic E-state index is 0. The average molecular weight is 652 g/mol. The van der Waals surface area contributed by atoms with Gasteiger partial charge in [-0.2, -0.15) is 15.0 Å². The highest BCUT2D eigenvalue weighted by Crippen LogP contribution is 2.19. The van der Waals surface area contributed by atoms with Crippen LogP contribution < -0.4 is 20.9 Å². The van der Waals surface area contributed by atoms with Crippen LogP contribution in [0, 0.1) is 12.3 Å². The molecule has 0 aliphatic carbocycles. The van der Waals surface area contributed by atoms with Gasteiger partial charge in [0.1, 0.15) is 13.2 Å². The first-order valence-electron chi connectivity index (χ1n) is 15.3. The second kappa shape index (κ2) is 20.7. The standard InChI is InChI=1S/C28H45N11O5.ClH/c1-2-14-41-18-20-44-21-19-42-15-7-30-26-31-27(33-28(32-26)38-12-16-43-17-13-38)37-10-8-36(9-11-37)25(40)23-39-22-24(34-35-39)5-3-4-6-29;/h1,22H,3-21,23,29H2,(H,30,31,32,33);1H. The zero-order valence-corrected chi connectivity index (χ0v) is 26.7. The molecule has 0 radical (unpaired) electrons.